The Morgan fingerprint density at radius 3 is 3.11 bits per heavy atom. The van der Waals surface area contributed by atoms with E-state index in [0.717, 1.165) is 43.3 Å². The largest absolute Gasteiger partial charge is 0.389 e. The summed E-state index contributed by atoms with van der Waals surface area (Å²) in [6, 6.07) is 3.80. The Hall–Kier alpha value is -1.20. The molecule has 1 aliphatic heterocycles. The van der Waals surface area contributed by atoms with Crippen LogP contribution >= 0.6 is 12.2 Å². The van der Waals surface area contributed by atoms with Gasteiger partial charge in [0.1, 0.15) is 10.8 Å². The molecular weight excluding hydrogens is 246 g/mol. The minimum Gasteiger partial charge on any atom is -0.389 e. The number of anilines is 1. The SMILES string of the molecule is Cc1cc(C(N)=S)cc(NCC2CCCOC2)n1. The van der Waals surface area contributed by atoms with E-state index in [-0.39, 0.29) is 0 Å². The molecule has 0 amide bonds. The smallest absolute Gasteiger partial charge is 0.126 e. The molecule has 2 heterocycles. The Balaban J connectivity index is 1.97. The molecule has 98 valence electrons. The molecule has 0 bridgehead atoms. The van der Waals surface area contributed by atoms with Crippen molar-refractivity contribution in [3.8, 4) is 0 Å². The molecule has 5 heteroatoms. The van der Waals surface area contributed by atoms with E-state index in [1.54, 1.807) is 0 Å². The van der Waals surface area contributed by atoms with Gasteiger partial charge in [-0.15, -0.1) is 0 Å². The maximum atomic E-state index is 5.65. The van der Waals surface area contributed by atoms with Crippen LogP contribution in [0.3, 0.4) is 0 Å². The first kappa shape index (κ1) is 13.2. The fourth-order valence-electron chi connectivity index (χ4n) is 2.12. The topological polar surface area (TPSA) is 60.2 Å². The Labute approximate surface area is 113 Å². The molecule has 4 nitrogen and oxygen atoms in total. The van der Waals surface area contributed by atoms with Crippen molar-refractivity contribution < 1.29 is 4.74 Å². The maximum Gasteiger partial charge on any atom is 0.126 e. The lowest BCUT2D eigenvalue weighted by Crippen LogP contribution is -2.24. The third-order valence-corrected chi connectivity index (χ3v) is 3.30. The molecule has 0 radical (unpaired) electrons. The van der Waals surface area contributed by atoms with E-state index in [1.165, 1.54) is 6.42 Å². The molecule has 1 unspecified atom stereocenters. The monoisotopic (exact) mass is 265 g/mol. The normalized spacial score (nSPS) is 19.5. The Kier molecular flexibility index (Phi) is 4.49. The van der Waals surface area contributed by atoms with Gasteiger partial charge in [-0.25, -0.2) is 4.98 Å². The zero-order valence-electron chi connectivity index (χ0n) is 10.6. The molecule has 1 saturated heterocycles. The summed E-state index contributed by atoms with van der Waals surface area (Å²) in [5.41, 5.74) is 7.43. The number of hydrogen-bond donors (Lipinski definition) is 2. The first-order valence-corrected chi connectivity index (χ1v) is 6.66. The molecule has 3 N–H and O–H groups in total. The van der Waals surface area contributed by atoms with Crippen molar-refractivity contribution in [1.29, 1.82) is 0 Å². The second kappa shape index (κ2) is 6.11. The van der Waals surface area contributed by atoms with Gasteiger partial charge in [0.05, 0.1) is 6.61 Å². The fourth-order valence-corrected chi connectivity index (χ4v) is 2.24. The summed E-state index contributed by atoms with van der Waals surface area (Å²) < 4.78 is 5.46. The minimum absolute atomic E-state index is 0.407. The highest BCUT2D eigenvalue weighted by molar-refractivity contribution is 7.80. The summed E-state index contributed by atoms with van der Waals surface area (Å²) in [5.74, 6) is 1.40. The number of ether oxygens (including phenoxy) is 1. The highest BCUT2D eigenvalue weighted by atomic mass is 32.1. The fraction of sp³-hybridized carbons (Fsp3) is 0.538. The standard InChI is InChI=1S/C13H19N3OS/c1-9-5-11(13(14)18)6-12(16-9)15-7-10-3-2-4-17-8-10/h5-6,10H,2-4,7-8H2,1H3,(H2,14,18)(H,15,16). The van der Waals surface area contributed by atoms with Gasteiger partial charge >= 0.3 is 0 Å². The van der Waals surface area contributed by atoms with Crippen molar-refractivity contribution in [2.75, 3.05) is 25.1 Å². The molecule has 1 atom stereocenters. The van der Waals surface area contributed by atoms with Crippen molar-refractivity contribution in [3.63, 3.8) is 0 Å². The Morgan fingerprint density at radius 1 is 1.61 bits per heavy atom. The van der Waals surface area contributed by atoms with Crippen LogP contribution in [0.5, 0.6) is 0 Å². The Morgan fingerprint density at radius 2 is 2.44 bits per heavy atom. The van der Waals surface area contributed by atoms with Crippen LogP contribution in [0.15, 0.2) is 12.1 Å². The van der Waals surface area contributed by atoms with Crippen LogP contribution in [0.25, 0.3) is 0 Å². The van der Waals surface area contributed by atoms with Crippen LogP contribution in [0.1, 0.15) is 24.1 Å². The lowest BCUT2D eigenvalue weighted by atomic mass is 10.0. The number of aryl methyl sites for hydroxylation is 1. The van der Waals surface area contributed by atoms with Crippen LogP contribution in [-0.2, 0) is 4.74 Å². The minimum atomic E-state index is 0.407. The lowest BCUT2D eigenvalue weighted by Gasteiger charge is -2.22. The zero-order chi connectivity index (χ0) is 13.0. The first-order chi connectivity index (χ1) is 8.65. The van der Waals surface area contributed by atoms with Gasteiger partial charge in [-0.3, -0.25) is 0 Å². The molecule has 1 aliphatic rings. The van der Waals surface area contributed by atoms with Crippen molar-refractivity contribution in [2.45, 2.75) is 19.8 Å². The van der Waals surface area contributed by atoms with Gasteiger partial charge in [-0.05, 0) is 37.8 Å². The van der Waals surface area contributed by atoms with E-state index in [2.05, 4.69) is 10.3 Å². The summed E-state index contributed by atoms with van der Waals surface area (Å²) in [5, 5.41) is 3.34. The summed E-state index contributed by atoms with van der Waals surface area (Å²) in [6.07, 6.45) is 2.35. The third-order valence-electron chi connectivity index (χ3n) is 3.06. The molecule has 1 fully saturated rings. The van der Waals surface area contributed by atoms with E-state index in [1.807, 2.05) is 19.1 Å². The number of pyridine rings is 1. The van der Waals surface area contributed by atoms with E-state index in [9.17, 15) is 0 Å². The van der Waals surface area contributed by atoms with E-state index >= 15 is 0 Å². The molecular formula is C13H19N3OS. The maximum absolute atomic E-state index is 5.65. The van der Waals surface area contributed by atoms with E-state index in [0.29, 0.717) is 10.9 Å². The lowest BCUT2D eigenvalue weighted by molar-refractivity contribution is 0.0595. The number of nitrogens with zero attached hydrogens (tertiary/aromatic N) is 1. The van der Waals surface area contributed by atoms with E-state index < -0.39 is 0 Å². The van der Waals surface area contributed by atoms with Crippen LogP contribution in [0.2, 0.25) is 0 Å². The van der Waals surface area contributed by atoms with E-state index in [4.69, 9.17) is 22.7 Å². The number of nitrogens with two attached hydrogens (primary N) is 1. The number of aromatic nitrogens is 1. The average Bonchev–Trinajstić information content (AvgIpc) is 2.37. The molecule has 1 aromatic heterocycles. The molecule has 1 aromatic rings. The molecule has 0 saturated carbocycles. The van der Waals surface area contributed by atoms with Gasteiger partial charge in [0.25, 0.3) is 0 Å². The molecule has 18 heavy (non-hydrogen) atoms. The van der Waals surface area contributed by atoms with Crippen molar-refractivity contribution in [3.05, 3.63) is 23.4 Å². The zero-order valence-corrected chi connectivity index (χ0v) is 11.4. The average molecular weight is 265 g/mol. The summed E-state index contributed by atoms with van der Waals surface area (Å²) >= 11 is 4.99. The van der Waals surface area contributed by atoms with Gasteiger partial charge in [0.15, 0.2) is 0 Å². The Bertz CT molecular complexity index is 430. The summed E-state index contributed by atoms with van der Waals surface area (Å²) in [7, 11) is 0. The predicted molar refractivity (Wildman–Crippen MR) is 76.9 cm³/mol. The number of hydrogen-bond acceptors (Lipinski definition) is 4. The summed E-state index contributed by atoms with van der Waals surface area (Å²) in [6.45, 7) is 4.55. The molecule has 0 spiro atoms. The number of thiocarbonyl (C=S) groups is 1. The van der Waals surface area contributed by atoms with Crippen LogP contribution < -0.4 is 11.1 Å². The van der Waals surface area contributed by atoms with Crippen LogP contribution in [0, 0.1) is 12.8 Å². The predicted octanol–water partition coefficient (Wildman–Crippen LogP) is 1.86. The number of nitrogens with one attached hydrogen (secondary N) is 1. The third kappa shape index (κ3) is 3.65. The number of rotatable bonds is 4. The first-order valence-electron chi connectivity index (χ1n) is 6.25. The van der Waals surface area contributed by atoms with Crippen molar-refractivity contribution in [1.82, 2.24) is 4.98 Å². The highest BCUT2D eigenvalue weighted by Crippen LogP contribution is 2.15. The van der Waals surface area contributed by atoms with Crippen molar-refractivity contribution >= 4 is 23.0 Å². The summed E-state index contributed by atoms with van der Waals surface area (Å²) in [4.78, 5) is 4.84. The highest BCUT2D eigenvalue weighted by Gasteiger charge is 2.13. The van der Waals surface area contributed by atoms with Gasteiger partial charge < -0.3 is 15.8 Å². The second-order valence-corrected chi connectivity index (χ2v) is 5.15. The molecule has 0 aliphatic carbocycles. The second-order valence-electron chi connectivity index (χ2n) is 4.71. The van der Waals surface area contributed by atoms with Crippen molar-refractivity contribution in [2.24, 2.45) is 11.7 Å². The van der Waals surface area contributed by atoms with Crippen LogP contribution in [-0.4, -0.2) is 29.7 Å². The van der Waals surface area contributed by atoms with Crippen LogP contribution in [0.4, 0.5) is 5.82 Å². The van der Waals surface area contributed by atoms with Gasteiger partial charge in [0, 0.05) is 24.4 Å². The van der Waals surface area contributed by atoms with Gasteiger partial charge in [0.2, 0.25) is 0 Å². The molecule has 2 rings (SSSR count). The molecule has 0 aromatic carbocycles. The van der Waals surface area contributed by atoms with Gasteiger partial charge in [-0.2, -0.15) is 0 Å². The van der Waals surface area contributed by atoms with Gasteiger partial charge in [-0.1, -0.05) is 12.2 Å². The quantitative estimate of drug-likeness (QED) is 0.814.